The average molecular weight is 243 g/mol. The van der Waals surface area contributed by atoms with Crippen LogP contribution < -0.4 is 5.32 Å². The molecule has 1 heterocycles. The number of aromatic nitrogens is 2. The zero-order valence-corrected chi connectivity index (χ0v) is 11.4. The van der Waals surface area contributed by atoms with Crippen LogP contribution in [0.5, 0.6) is 0 Å². The maximum atomic E-state index is 4.55. The van der Waals surface area contributed by atoms with Crippen LogP contribution in [0.1, 0.15) is 22.8 Å². The standard InChI is InChI=1S/C15H21N3/c1-12-13(2)18(3)15(17-12)11-16-10-9-14-7-5-4-6-8-14/h4-8,16H,9-11H2,1-3H3. The van der Waals surface area contributed by atoms with E-state index in [1.54, 1.807) is 0 Å². The number of hydrogen-bond donors (Lipinski definition) is 1. The third-order valence-electron chi connectivity index (χ3n) is 3.43. The molecule has 3 heteroatoms. The maximum absolute atomic E-state index is 4.55. The zero-order chi connectivity index (χ0) is 13.0. The predicted octanol–water partition coefficient (Wildman–Crippen LogP) is 2.37. The van der Waals surface area contributed by atoms with Crippen molar-refractivity contribution in [2.45, 2.75) is 26.8 Å². The van der Waals surface area contributed by atoms with Crippen molar-refractivity contribution in [2.24, 2.45) is 7.05 Å². The molecule has 0 aliphatic heterocycles. The van der Waals surface area contributed by atoms with Crippen LogP contribution in [0.25, 0.3) is 0 Å². The Kier molecular flexibility index (Phi) is 4.15. The second kappa shape index (κ2) is 5.83. The van der Waals surface area contributed by atoms with Crippen molar-refractivity contribution in [3.63, 3.8) is 0 Å². The van der Waals surface area contributed by atoms with Gasteiger partial charge < -0.3 is 9.88 Å². The monoisotopic (exact) mass is 243 g/mol. The molecule has 96 valence electrons. The largest absolute Gasteiger partial charge is 0.334 e. The molecule has 0 saturated heterocycles. The lowest BCUT2D eigenvalue weighted by Gasteiger charge is -2.06. The Morgan fingerprint density at radius 1 is 1.17 bits per heavy atom. The van der Waals surface area contributed by atoms with Crippen molar-refractivity contribution in [3.8, 4) is 0 Å². The Bertz CT molecular complexity index is 500. The third kappa shape index (κ3) is 2.99. The third-order valence-corrected chi connectivity index (χ3v) is 3.43. The second-order valence-corrected chi connectivity index (χ2v) is 4.67. The van der Waals surface area contributed by atoms with Crippen molar-refractivity contribution in [3.05, 3.63) is 53.1 Å². The lowest BCUT2D eigenvalue weighted by Crippen LogP contribution is -2.19. The summed E-state index contributed by atoms with van der Waals surface area (Å²) in [5.74, 6) is 1.11. The van der Waals surface area contributed by atoms with E-state index in [4.69, 9.17) is 0 Å². The van der Waals surface area contributed by atoms with Gasteiger partial charge >= 0.3 is 0 Å². The first kappa shape index (κ1) is 12.8. The van der Waals surface area contributed by atoms with Gasteiger partial charge in [0.05, 0.1) is 12.2 Å². The molecule has 0 radical (unpaired) electrons. The Morgan fingerprint density at radius 2 is 1.89 bits per heavy atom. The number of hydrogen-bond acceptors (Lipinski definition) is 2. The Morgan fingerprint density at radius 3 is 2.50 bits per heavy atom. The highest BCUT2D eigenvalue weighted by atomic mass is 15.1. The fraction of sp³-hybridized carbons (Fsp3) is 0.400. The molecule has 0 saturated carbocycles. The number of benzene rings is 1. The van der Waals surface area contributed by atoms with Crippen molar-refractivity contribution in [1.29, 1.82) is 0 Å². The quantitative estimate of drug-likeness (QED) is 0.817. The molecular formula is C15H21N3. The molecule has 0 amide bonds. The molecule has 0 atom stereocenters. The maximum Gasteiger partial charge on any atom is 0.122 e. The summed E-state index contributed by atoms with van der Waals surface area (Å²) in [4.78, 5) is 4.55. The van der Waals surface area contributed by atoms with Crippen LogP contribution in [-0.4, -0.2) is 16.1 Å². The average Bonchev–Trinajstić information content (AvgIpc) is 2.64. The van der Waals surface area contributed by atoms with Crippen LogP contribution in [0.2, 0.25) is 0 Å². The molecule has 18 heavy (non-hydrogen) atoms. The first-order valence-electron chi connectivity index (χ1n) is 6.42. The van der Waals surface area contributed by atoms with E-state index < -0.39 is 0 Å². The van der Waals surface area contributed by atoms with Gasteiger partial charge in [0.25, 0.3) is 0 Å². The molecule has 0 unspecified atom stereocenters. The highest BCUT2D eigenvalue weighted by Gasteiger charge is 2.06. The lowest BCUT2D eigenvalue weighted by molar-refractivity contribution is 0.634. The summed E-state index contributed by atoms with van der Waals surface area (Å²) in [5, 5.41) is 3.45. The SMILES string of the molecule is Cc1nc(CNCCc2ccccc2)n(C)c1C. The molecule has 2 rings (SSSR count). The number of nitrogens with zero attached hydrogens (tertiary/aromatic N) is 2. The summed E-state index contributed by atoms with van der Waals surface area (Å²) in [6, 6.07) is 10.5. The van der Waals surface area contributed by atoms with Crippen LogP contribution in [0.4, 0.5) is 0 Å². The van der Waals surface area contributed by atoms with E-state index in [0.29, 0.717) is 0 Å². The first-order chi connectivity index (χ1) is 8.68. The van der Waals surface area contributed by atoms with E-state index in [2.05, 4.69) is 66.1 Å². The van der Waals surface area contributed by atoms with Crippen molar-refractivity contribution in [1.82, 2.24) is 14.9 Å². The highest BCUT2D eigenvalue weighted by molar-refractivity contribution is 5.15. The van der Waals surface area contributed by atoms with Gasteiger partial charge in [0.1, 0.15) is 5.82 Å². The molecule has 2 aromatic rings. The van der Waals surface area contributed by atoms with Gasteiger partial charge in [0.2, 0.25) is 0 Å². The summed E-state index contributed by atoms with van der Waals surface area (Å²) < 4.78 is 2.16. The van der Waals surface area contributed by atoms with Gasteiger partial charge in [0, 0.05) is 12.7 Å². The summed E-state index contributed by atoms with van der Waals surface area (Å²) in [6.45, 7) is 5.98. The molecule has 0 fully saturated rings. The van der Waals surface area contributed by atoms with Gasteiger partial charge in [-0.25, -0.2) is 4.98 Å². The normalized spacial score (nSPS) is 10.8. The molecule has 1 aromatic heterocycles. The summed E-state index contributed by atoms with van der Waals surface area (Å²) >= 11 is 0. The molecule has 0 aliphatic carbocycles. The predicted molar refractivity (Wildman–Crippen MR) is 74.5 cm³/mol. The summed E-state index contributed by atoms with van der Waals surface area (Å²) in [7, 11) is 2.07. The summed E-state index contributed by atoms with van der Waals surface area (Å²) in [6.07, 6.45) is 1.06. The number of nitrogens with one attached hydrogen (secondary N) is 1. The minimum atomic E-state index is 0.831. The minimum Gasteiger partial charge on any atom is -0.334 e. The van der Waals surface area contributed by atoms with Crippen LogP contribution >= 0.6 is 0 Å². The van der Waals surface area contributed by atoms with E-state index >= 15 is 0 Å². The van der Waals surface area contributed by atoms with Gasteiger partial charge in [0.15, 0.2) is 0 Å². The Labute approximate surface area is 109 Å². The van der Waals surface area contributed by atoms with E-state index in [1.165, 1.54) is 11.3 Å². The molecule has 0 aliphatic rings. The Balaban J connectivity index is 1.80. The van der Waals surface area contributed by atoms with Crippen LogP contribution in [-0.2, 0) is 20.0 Å². The van der Waals surface area contributed by atoms with Crippen LogP contribution in [0.3, 0.4) is 0 Å². The van der Waals surface area contributed by atoms with Gasteiger partial charge in [-0.15, -0.1) is 0 Å². The number of imidazole rings is 1. The van der Waals surface area contributed by atoms with E-state index in [0.717, 1.165) is 31.0 Å². The molecule has 1 aromatic carbocycles. The fourth-order valence-electron chi connectivity index (χ4n) is 2.02. The molecule has 0 bridgehead atoms. The van der Waals surface area contributed by atoms with Crippen molar-refractivity contribution < 1.29 is 0 Å². The smallest absolute Gasteiger partial charge is 0.122 e. The van der Waals surface area contributed by atoms with Crippen LogP contribution in [0.15, 0.2) is 30.3 Å². The fourth-order valence-corrected chi connectivity index (χ4v) is 2.02. The lowest BCUT2D eigenvalue weighted by atomic mass is 10.1. The first-order valence-corrected chi connectivity index (χ1v) is 6.42. The van der Waals surface area contributed by atoms with E-state index in [1.807, 2.05) is 0 Å². The van der Waals surface area contributed by atoms with Gasteiger partial charge in [-0.3, -0.25) is 0 Å². The highest BCUT2D eigenvalue weighted by Crippen LogP contribution is 2.07. The van der Waals surface area contributed by atoms with Crippen molar-refractivity contribution in [2.75, 3.05) is 6.54 Å². The number of aryl methyl sites for hydroxylation is 1. The van der Waals surface area contributed by atoms with Gasteiger partial charge in [-0.05, 0) is 32.4 Å². The van der Waals surface area contributed by atoms with Gasteiger partial charge in [-0.1, -0.05) is 30.3 Å². The van der Waals surface area contributed by atoms with Crippen molar-refractivity contribution >= 4 is 0 Å². The topological polar surface area (TPSA) is 29.9 Å². The van der Waals surface area contributed by atoms with E-state index in [-0.39, 0.29) is 0 Å². The zero-order valence-electron chi connectivity index (χ0n) is 11.4. The summed E-state index contributed by atoms with van der Waals surface area (Å²) in [5.41, 5.74) is 3.74. The molecule has 1 N–H and O–H groups in total. The Hall–Kier alpha value is -1.61. The van der Waals surface area contributed by atoms with Gasteiger partial charge in [-0.2, -0.15) is 0 Å². The minimum absolute atomic E-state index is 0.831. The number of rotatable bonds is 5. The molecule has 3 nitrogen and oxygen atoms in total. The van der Waals surface area contributed by atoms with E-state index in [9.17, 15) is 0 Å². The molecular weight excluding hydrogens is 222 g/mol. The second-order valence-electron chi connectivity index (χ2n) is 4.67. The van der Waals surface area contributed by atoms with Crippen LogP contribution in [0, 0.1) is 13.8 Å². The molecule has 0 spiro atoms.